The summed E-state index contributed by atoms with van der Waals surface area (Å²) >= 11 is 1.67. The molecule has 23 heavy (non-hydrogen) atoms. The van der Waals surface area contributed by atoms with Crippen LogP contribution in [-0.2, 0) is 4.74 Å². The van der Waals surface area contributed by atoms with Gasteiger partial charge in [-0.25, -0.2) is 4.79 Å². The third-order valence-electron chi connectivity index (χ3n) is 4.06. The highest BCUT2D eigenvalue weighted by Crippen LogP contribution is 2.47. The van der Waals surface area contributed by atoms with Crippen molar-refractivity contribution in [1.29, 1.82) is 0 Å². The van der Waals surface area contributed by atoms with Crippen LogP contribution in [0, 0.1) is 0 Å². The van der Waals surface area contributed by atoms with Gasteiger partial charge in [0.1, 0.15) is 0 Å². The fourth-order valence-corrected chi connectivity index (χ4v) is 4.14. The molecule has 1 aromatic carbocycles. The summed E-state index contributed by atoms with van der Waals surface area (Å²) in [4.78, 5) is 13.5. The van der Waals surface area contributed by atoms with Gasteiger partial charge in [0.15, 0.2) is 0 Å². The second kappa shape index (κ2) is 5.52. The summed E-state index contributed by atoms with van der Waals surface area (Å²) in [5.74, 6) is -0.284. The molecular formula is C20H14O2S. The van der Waals surface area contributed by atoms with Gasteiger partial charge in [0.05, 0.1) is 12.7 Å². The Bertz CT molecular complexity index is 970. The molecule has 4 rings (SSSR count). The zero-order chi connectivity index (χ0) is 15.8. The number of benzene rings is 1. The molecule has 0 aliphatic heterocycles. The maximum Gasteiger partial charge on any atom is 0.339 e. The monoisotopic (exact) mass is 318 g/mol. The van der Waals surface area contributed by atoms with E-state index in [-0.39, 0.29) is 5.97 Å². The Morgan fingerprint density at radius 2 is 1.57 bits per heavy atom. The number of ether oxygens (including phenoxy) is 1. The normalized spacial score (nSPS) is 11.0. The van der Waals surface area contributed by atoms with E-state index in [2.05, 4.69) is 23.6 Å². The molecule has 2 aliphatic rings. The average molecular weight is 318 g/mol. The van der Waals surface area contributed by atoms with Gasteiger partial charge >= 0.3 is 5.97 Å². The van der Waals surface area contributed by atoms with Crippen molar-refractivity contribution in [3.63, 3.8) is 0 Å². The van der Waals surface area contributed by atoms with Crippen LogP contribution in [-0.4, -0.2) is 13.1 Å². The Morgan fingerprint density at radius 1 is 0.913 bits per heavy atom. The Hall–Kier alpha value is -2.65. The Balaban J connectivity index is 2.12. The van der Waals surface area contributed by atoms with Gasteiger partial charge in [-0.1, -0.05) is 60.7 Å². The SMILES string of the molecule is COC(=O)c1c2cccccc-2c2c(-c3ccccc3)scc12. The first-order valence-corrected chi connectivity index (χ1v) is 8.25. The molecule has 112 valence electrons. The van der Waals surface area contributed by atoms with Crippen LogP contribution in [0.4, 0.5) is 0 Å². The minimum Gasteiger partial charge on any atom is -0.465 e. The lowest BCUT2D eigenvalue weighted by molar-refractivity contribution is 0.0604. The molecule has 0 bridgehead atoms. The molecule has 3 heteroatoms. The lowest BCUT2D eigenvalue weighted by Crippen LogP contribution is -2.00. The molecule has 0 amide bonds. The predicted octanol–water partition coefficient (Wildman–Crippen LogP) is 5.46. The first-order valence-electron chi connectivity index (χ1n) is 7.37. The molecule has 0 saturated heterocycles. The lowest BCUT2D eigenvalue weighted by Gasteiger charge is -2.01. The first-order chi connectivity index (χ1) is 11.3. The molecule has 0 radical (unpaired) electrons. The van der Waals surface area contributed by atoms with Crippen LogP contribution in [0.15, 0.2) is 66.0 Å². The quantitative estimate of drug-likeness (QED) is 0.459. The summed E-state index contributed by atoms with van der Waals surface area (Å²) in [6.45, 7) is 0. The van der Waals surface area contributed by atoms with E-state index in [1.807, 2.05) is 42.5 Å². The van der Waals surface area contributed by atoms with Crippen molar-refractivity contribution < 1.29 is 9.53 Å². The molecular weight excluding hydrogens is 304 g/mol. The maximum atomic E-state index is 12.3. The second-order valence-electron chi connectivity index (χ2n) is 5.32. The molecule has 0 N–H and O–H groups in total. The van der Waals surface area contributed by atoms with E-state index in [4.69, 9.17) is 4.74 Å². The van der Waals surface area contributed by atoms with Crippen LogP contribution < -0.4 is 0 Å². The minimum absolute atomic E-state index is 0.284. The maximum absolute atomic E-state index is 12.3. The molecule has 1 aromatic heterocycles. The number of carbonyl (C=O) groups excluding carboxylic acids is 1. The smallest absolute Gasteiger partial charge is 0.339 e. The minimum atomic E-state index is -0.284. The van der Waals surface area contributed by atoms with Gasteiger partial charge in [0.2, 0.25) is 0 Å². The lowest BCUT2D eigenvalue weighted by atomic mass is 10.1. The van der Waals surface area contributed by atoms with Crippen LogP contribution >= 0.6 is 11.3 Å². The first kappa shape index (κ1) is 14.0. The molecule has 0 fully saturated rings. The summed E-state index contributed by atoms with van der Waals surface area (Å²) in [5.41, 5.74) is 3.86. The van der Waals surface area contributed by atoms with E-state index in [1.54, 1.807) is 11.3 Å². The van der Waals surface area contributed by atoms with Gasteiger partial charge in [-0.3, -0.25) is 0 Å². The molecule has 2 nitrogen and oxygen atoms in total. The third kappa shape index (κ3) is 2.13. The Kier molecular flexibility index (Phi) is 3.36. The highest BCUT2D eigenvalue weighted by atomic mass is 32.1. The summed E-state index contributed by atoms with van der Waals surface area (Å²) in [5, 5.41) is 4.17. The number of thiophene rings is 1. The number of hydrogen-bond acceptors (Lipinski definition) is 3. The van der Waals surface area contributed by atoms with Gasteiger partial charge in [0.25, 0.3) is 0 Å². The second-order valence-corrected chi connectivity index (χ2v) is 6.20. The molecule has 0 unspecified atom stereocenters. The van der Waals surface area contributed by atoms with Crippen molar-refractivity contribution in [2.45, 2.75) is 0 Å². The Labute approximate surface area is 138 Å². The molecule has 2 aliphatic carbocycles. The van der Waals surface area contributed by atoms with Gasteiger partial charge in [0, 0.05) is 21.0 Å². The summed E-state index contributed by atoms with van der Waals surface area (Å²) in [6.07, 6.45) is 0. The summed E-state index contributed by atoms with van der Waals surface area (Å²) in [7, 11) is 1.43. The number of methoxy groups -OCH3 is 1. The summed E-state index contributed by atoms with van der Waals surface area (Å²) < 4.78 is 5.02. The van der Waals surface area contributed by atoms with E-state index in [9.17, 15) is 4.79 Å². The zero-order valence-electron chi connectivity index (χ0n) is 12.6. The molecule has 0 spiro atoms. The molecule has 0 saturated carbocycles. The largest absolute Gasteiger partial charge is 0.465 e. The van der Waals surface area contributed by atoms with Gasteiger partial charge in [-0.05, 0) is 16.7 Å². The number of esters is 1. The third-order valence-corrected chi connectivity index (χ3v) is 5.09. The number of carbonyl (C=O) groups is 1. The molecule has 0 atom stereocenters. The number of rotatable bonds is 2. The molecule has 1 heterocycles. The summed E-state index contributed by atoms with van der Waals surface area (Å²) in [6, 6.07) is 20.3. The van der Waals surface area contributed by atoms with E-state index >= 15 is 0 Å². The van der Waals surface area contributed by atoms with Crippen molar-refractivity contribution >= 4 is 28.1 Å². The Morgan fingerprint density at radius 3 is 2.26 bits per heavy atom. The van der Waals surface area contributed by atoms with Gasteiger partial charge < -0.3 is 4.74 Å². The van der Waals surface area contributed by atoms with Crippen molar-refractivity contribution in [3.8, 4) is 21.6 Å². The van der Waals surface area contributed by atoms with Gasteiger partial charge in [-0.15, -0.1) is 11.3 Å². The van der Waals surface area contributed by atoms with E-state index in [0.717, 1.165) is 21.9 Å². The van der Waals surface area contributed by atoms with Crippen molar-refractivity contribution in [1.82, 2.24) is 0 Å². The average Bonchev–Trinajstić information content (AvgIpc) is 3.04. The van der Waals surface area contributed by atoms with Gasteiger partial charge in [-0.2, -0.15) is 0 Å². The fourth-order valence-electron chi connectivity index (χ4n) is 3.06. The van der Waals surface area contributed by atoms with Crippen LogP contribution in [0.2, 0.25) is 0 Å². The van der Waals surface area contributed by atoms with Crippen molar-refractivity contribution in [2.75, 3.05) is 7.11 Å². The fraction of sp³-hybridized carbons (Fsp3) is 0.0500. The van der Waals surface area contributed by atoms with Crippen LogP contribution in [0.1, 0.15) is 10.4 Å². The highest BCUT2D eigenvalue weighted by Gasteiger charge is 2.25. The van der Waals surface area contributed by atoms with Crippen LogP contribution in [0.25, 0.3) is 32.3 Å². The number of fused-ring (bicyclic) bond motifs is 3. The highest BCUT2D eigenvalue weighted by molar-refractivity contribution is 7.15. The van der Waals surface area contributed by atoms with E-state index in [1.165, 1.54) is 17.6 Å². The predicted molar refractivity (Wildman–Crippen MR) is 95.2 cm³/mol. The van der Waals surface area contributed by atoms with Crippen LogP contribution in [0.5, 0.6) is 0 Å². The van der Waals surface area contributed by atoms with Crippen molar-refractivity contribution in [2.24, 2.45) is 0 Å². The zero-order valence-corrected chi connectivity index (χ0v) is 13.4. The van der Waals surface area contributed by atoms with E-state index in [0.29, 0.717) is 5.56 Å². The van der Waals surface area contributed by atoms with Crippen molar-refractivity contribution in [3.05, 3.63) is 71.6 Å². The van der Waals surface area contributed by atoms with E-state index < -0.39 is 0 Å². The van der Waals surface area contributed by atoms with Crippen LogP contribution in [0.3, 0.4) is 0 Å². The standard InChI is InChI=1S/C20H14O2S/c1-22-20(21)18-15-11-7-3-6-10-14(15)17-16(18)12-23-19(17)13-8-4-2-5-9-13/h2-12H,1H3. The number of hydrogen-bond donors (Lipinski definition) is 0. The molecule has 2 aromatic rings. The topological polar surface area (TPSA) is 26.3 Å².